The molecular formula is C7H14N2O. The summed E-state index contributed by atoms with van der Waals surface area (Å²) in [6.45, 7) is 2.72. The number of rotatable bonds is 0. The van der Waals surface area contributed by atoms with Crippen LogP contribution in [0, 0.1) is 0 Å². The van der Waals surface area contributed by atoms with E-state index in [1.54, 1.807) is 0 Å². The average Bonchev–Trinajstić information content (AvgIpc) is 2.02. The van der Waals surface area contributed by atoms with Crippen molar-refractivity contribution in [2.24, 2.45) is 0 Å². The largest absolute Gasteiger partial charge is 0.356 e. The third kappa shape index (κ3) is 2.82. The summed E-state index contributed by atoms with van der Waals surface area (Å²) in [5.41, 5.74) is 0. The van der Waals surface area contributed by atoms with Gasteiger partial charge in [0, 0.05) is 19.5 Å². The summed E-state index contributed by atoms with van der Waals surface area (Å²) >= 11 is 0. The molecule has 1 saturated heterocycles. The predicted molar refractivity (Wildman–Crippen MR) is 39.7 cm³/mol. The average molecular weight is 142 g/mol. The Bertz CT molecular complexity index is 102. The molecule has 0 aromatic heterocycles. The third-order valence-corrected chi connectivity index (χ3v) is 1.63. The molecule has 3 heteroatoms. The first kappa shape index (κ1) is 7.54. The Morgan fingerprint density at radius 2 is 1.90 bits per heavy atom. The molecule has 0 radical (unpaired) electrons. The highest BCUT2D eigenvalue weighted by molar-refractivity contribution is 5.76. The van der Waals surface area contributed by atoms with Crippen molar-refractivity contribution in [1.29, 1.82) is 0 Å². The second-order valence-corrected chi connectivity index (χ2v) is 2.56. The molecule has 10 heavy (non-hydrogen) atoms. The lowest BCUT2D eigenvalue weighted by Crippen LogP contribution is -2.25. The van der Waals surface area contributed by atoms with Crippen LogP contribution < -0.4 is 10.6 Å². The molecule has 0 aliphatic carbocycles. The van der Waals surface area contributed by atoms with Crippen molar-refractivity contribution in [3.8, 4) is 0 Å². The van der Waals surface area contributed by atoms with Crippen molar-refractivity contribution in [2.75, 3.05) is 19.6 Å². The molecule has 0 unspecified atom stereocenters. The highest BCUT2D eigenvalue weighted by atomic mass is 16.1. The van der Waals surface area contributed by atoms with Crippen molar-refractivity contribution >= 4 is 5.91 Å². The van der Waals surface area contributed by atoms with E-state index in [1.165, 1.54) is 6.42 Å². The number of hydrogen-bond acceptors (Lipinski definition) is 2. The number of carbonyl (C=O) groups excluding carboxylic acids is 1. The summed E-state index contributed by atoms with van der Waals surface area (Å²) in [5, 5.41) is 6.04. The topological polar surface area (TPSA) is 41.1 Å². The van der Waals surface area contributed by atoms with Crippen molar-refractivity contribution < 1.29 is 4.79 Å². The first-order chi connectivity index (χ1) is 4.89. The second kappa shape index (κ2) is 4.28. The van der Waals surface area contributed by atoms with Gasteiger partial charge in [0.15, 0.2) is 0 Å². The number of amides is 1. The highest BCUT2D eigenvalue weighted by Gasteiger charge is 2.01. The first-order valence-electron chi connectivity index (χ1n) is 3.87. The van der Waals surface area contributed by atoms with Crippen LogP contribution in [0.5, 0.6) is 0 Å². The fourth-order valence-corrected chi connectivity index (χ4v) is 1.02. The molecule has 0 saturated carbocycles. The predicted octanol–water partition coefficient (Wildman–Crippen LogP) is -0.124. The minimum absolute atomic E-state index is 0.175. The Hall–Kier alpha value is -0.570. The highest BCUT2D eigenvalue weighted by Crippen LogP contribution is 1.88. The normalized spacial score (nSPS) is 22.2. The van der Waals surface area contributed by atoms with Crippen molar-refractivity contribution in [3.05, 3.63) is 0 Å². The van der Waals surface area contributed by atoms with Crippen LogP contribution in [-0.4, -0.2) is 25.5 Å². The summed E-state index contributed by atoms with van der Waals surface area (Å²) in [5.74, 6) is 0.175. The molecule has 0 atom stereocenters. The molecule has 1 aliphatic rings. The van der Waals surface area contributed by atoms with Gasteiger partial charge in [-0.2, -0.15) is 0 Å². The number of hydrogen-bond donors (Lipinski definition) is 2. The van der Waals surface area contributed by atoms with E-state index in [-0.39, 0.29) is 5.91 Å². The van der Waals surface area contributed by atoms with Crippen molar-refractivity contribution in [1.82, 2.24) is 10.6 Å². The van der Waals surface area contributed by atoms with Crippen LogP contribution in [0.2, 0.25) is 0 Å². The minimum atomic E-state index is 0.175. The van der Waals surface area contributed by atoms with Crippen LogP contribution in [0.3, 0.4) is 0 Å². The maximum atomic E-state index is 10.8. The zero-order valence-electron chi connectivity index (χ0n) is 6.15. The van der Waals surface area contributed by atoms with E-state index in [9.17, 15) is 4.79 Å². The number of carbonyl (C=O) groups is 1. The lowest BCUT2D eigenvalue weighted by molar-refractivity contribution is -0.120. The Morgan fingerprint density at radius 1 is 1.10 bits per heavy atom. The molecule has 58 valence electrons. The molecule has 2 N–H and O–H groups in total. The molecule has 0 aromatic carbocycles. The molecule has 1 rings (SSSR count). The molecule has 1 amide bonds. The van der Waals surface area contributed by atoms with Gasteiger partial charge >= 0.3 is 0 Å². The monoisotopic (exact) mass is 142 g/mol. The van der Waals surface area contributed by atoms with Crippen molar-refractivity contribution in [2.45, 2.75) is 19.3 Å². The summed E-state index contributed by atoms with van der Waals surface area (Å²) in [6.07, 6.45) is 2.89. The maximum Gasteiger partial charge on any atom is 0.221 e. The Morgan fingerprint density at radius 3 is 2.80 bits per heavy atom. The first-order valence-corrected chi connectivity index (χ1v) is 3.87. The quantitative estimate of drug-likeness (QED) is 0.495. The smallest absolute Gasteiger partial charge is 0.221 e. The fraction of sp³-hybridized carbons (Fsp3) is 0.857. The van der Waals surface area contributed by atoms with Crippen LogP contribution in [-0.2, 0) is 4.79 Å². The van der Waals surface area contributed by atoms with E-state index in [0.29, 0.717) is 6.42 Å². The lowest BCUT2D eigenvalue weighted by Gasteiger charge is -1.99. The lowest BCUT2D eigenvalue weighted by atomic mass is 10.3. The SMILES string of the molecule is O=C1CCNCCCCN1. The molecule has 0 bridgehead atoms. The van der Waals surface area contributed by atoms with E-state index in [2.05, 4.69) is 10.6 Å². The summed E-state index contributed by atoms with van der Waals surface area (Å²) in [6, 6.07) is 0. The molecule has 1 fully saturated rings. The van der Waals surface area contributed by atoms with Gasteiger partial charge in [-0.3, -0.25) is 4.79 Å². The maximum absolute atomic E-state index is 10.8. The zero-order chi connectivity index (χ0) is 7.23. The van der Waals surface area contributed by atoms with E-state index >= 15 is 0 Å². The molecule has 0 spiro atoms. The van der Waals surface area contributed by atoms with Crippen LogP contribution in [0.1, 0.15) is 19.3 Å². The van der Waals surface area contributed by atoms with Gasteiger partial charge in [-0.1, -0.05) is 0 Å². The van der Waals surface area contributed by atoms with Gasteiger partial charge in [-0.15, -0.1) is 0 Å². The molecule has 3 nitrogen and oxygen atoms in total. The second-order valence-electron chi connectivity index (χ2n) is 2.56. The van der Waals surface area contributed by atoms with Crippen LogP contribution in [0.15, 0.2) is 0 Å². The molecular weight excluding hydrogens is 128 g/mol. The van der Waals surface area contributed by atoms with E-state index in [1.807, 2.05) is 0 Å². The van der Waals surface area contributed by atoms with Gasteiger partial charge in [-0.05, 0) is 19.4 Å². The van der Waals surface area contributed by atoms with Gasteiger partial charge in [0.1, 0.15) is 0 Å². The minimum Gasteiger partial charge on any atom is -0.356 e. The molecule has 1 aliphatic heterocycles. The fourth-order valence-electron chi connectivity index (χ4n) is 1.02. The van der Waals surface area contributed by atoms with Gasteiger partial charge in [0.05, 0.1) is 0 Å². The third-order valence-electron chi connectivity index (χ3n) is 1.63. The summed E-state index contributed by atoms with van der Waals surface area (Å²) < 4.78 is 0. The summed E-state index contributed by atoms with van der Waals surface area (Å²) in [7, 11) is 0. The van der Waals surface area contributed by atoms with E-state index in [4.69, 9.17) is 0 Å². The van der Waals surface area contributed by atoms with Gasteiger partial charge in [0.2, 0.25) is 5.91 Å². The Labute approximate surface area is 61.2 Å². The molecule has 0 aromatic rings. The Kier molecular flexibility index (Phi) is 3.22. The Balaban J connectivity index is 2.21. The van der Waals surface area contributed by atoms with Gasteiger partial charge in [-0.25, -0.2) is 0 Å². The van der Waals surface area contributed by atoms with Crippen LogP contribution in [0.25, 0.3) is 0 Å². The van der Waals surface area contributed by atoms with E-state index < -0.39 is 0 Å². The van der Waals surface area contributed by atoms with Gasteiger partial charge < -0.3 is 10.6 Å². The zero-order valence-corrected chi connectivity index (χ0v) is 6.15. The van der Waals surface area contributed by atoms with Crippen LogP contribution >= 0.6 is 0 Å². The summed E-state index contributed by atoms with van der Waals surface area (Å²) in [4.78, 5) is 10.8. The van der Waals surface area contributed by atoms with Crippen LogP contribution in [0.4, 0.5) is 0 Å². The van der Waals surface area contributed by atoms with Gasteiger partial charge in [0.25, 0.3) is 0 Å². The van der Waals surface area contributed by atoms with E-state index in [0.717, 1.165) is 26.1 Å². The van der Waals surface area contributed by atoms with Crippen molar-refractivity contribution in [3.63, 3.8) is 0 Å². The number of nitrogens with one attached hydrogen (secondary N) is 2. The standard InChI is InChI=1S/C7H14N2O/c10-7-3-6-8-4-1-2-5-9-7/h8H,1-6H2,(H,9,10). The molecule has 1 heterocycles.